The van der Waals surface area contributed by atoms with Gasteiger partial charge in [0.05, 0.1) is 12.0 Å². The van der Waals surface area contributed by atoms with E-state index in [4.69, 9.17) is 4.74 Å². The SMILES string of the molecule is O=C(O)Cc1cc(-c2ccccc2C(F)(F)F)ccc1OCc1ccccc1. The number of carbonyl (C=O) groups is 1. The maximum atomic E-state index is 13.3. The molecule has 0 aromatic heterocycles. The molecule has 0 amide bonds. The first kappa shape index (κ1) is 19.5. The standard InChI is InChI=1S/C22H17F3O3/c23-22(24,25)19-9-5-4-8-18(19)16-10-11-20(17(12-16)13-21(26)27)28-14-15-6-2-1-3-7-15/h1-12H,13-14H2,(H,26,27). The molecule has 0 saturated heterocycles. The van der Waals surface area contributed by atoms with Crippen molar-refractivity contribution in [2.24, 2.45) is 0 Å². The van der Waals surface area contributed by atoms with Gasteiger partial charge in [0, 0.05) is 5.56 Å². The van der Waals surface area contributed by atoms with Gasteiger partial charge in [0.1, 0.15) is 12.4 Å². The molecule has 0 saturated carbocycles. The lowest BCUT2D eigenvalue weighted by Crippen LogP contribution is -2.08. The van der Waals surface area contributed by atoms with Gasteiger partial charge in [-0.2, -0.15) is 13.2 Å². The second kappa shape index (κ2) is 8.17. The van der Waals surface area contributed by atoms with Crippen LogP contribution in [0.3, 0.4) is 0 Å². The Hall–Kier alpha value is -3.28. The number of benzene rings is 3. The highest BCUT2D eigenvalue weighted by Crippen LogP contribution is 2.38. The van der Waals surface area contributed by atoms with Gasteiger partial charge in [0.2, 0.25) is 0 Å². The van der Waals surface area contributed by atoms with Crippen LogP contribution in [0.4, 0.5) is 13.2 Å². The fourth-order valence-electron chi connectivity index (χ4n) is 2.91. The van der Waals surface area contributed by atoms with Crippen LogP contribution in [0.15, 0.2) is 72.8 Å². The van der Waals surface area contributed by atoms with Gasteiger partial charge in [-0.05, 0) is 34.9 Å². The van der Waals surface area contributed by atoms with Crippen LogP contribution in [-0.2, 0) is 24.0 Å². The zero-order valence-electron chi connectivity index (χ0n) is 14.7. The lowest BCUT2D eigenvalue weighted by Gasteiger charge is -2.16. The van der Waals surface area contributed by atoms with E-state index in [1.54, 1.807) is 0 Å². The van der Waals surface area contributed by atoms with E-state index < -0.39 is 17.7 Å². The molecule has 0 fully saturated rings. The minimum absolute atomic E-state index is 0.00347. The van der Waals surface area contributed by atoms with E-state index in [1.807, 2.05) is 30.3 Å². The summed E-state index contributed by atoms with van der Waals surface area (Å²) in [7, 11) is 0. The number of carboxylic acid groups (broad SMARTS) is 1. The van der Waals surface area contributed by atoms with Gasteiger partial charge in [-0.3, -0.25) is 4.79 Å². The van der Waals surface area contributed by atoms with E-state index in [0.29, 0.717) is 11.3 Å². The fourth-order valence-corrected chi connectivity index (χ4v) is 2.91. The summed E-state index contributed by atoms with van der Waals surface area (Å²) >= 11 is 0. The van der Waals surface area contributed by atoms with Crippen LogP contribution in [0.2, 0.25) is 0 Å². The molecule has 3 aromatic carbocycles. The molecule has 144 valence electrons. The molecule has 3 nitrogen and oxygen atoms in total. The number of rotatable bonds is 6. The summed E-state index contributed by atoms with van der Waals surface area (Å²) in [6.45, 7) is 0.228. The van der Waals surface area contributed by atoms with Crippen LogP contribution in [0.1, 0.15) is 16.7 Å². The largest absolute Gasteiger partial charge is 0.489 e. The molecule has 0 heterocycles. The first-order chi connectivity index (χ1) is 13.3. The van der Waals surface area contributed by atoms with Crippen LogP contribution in [-0.4, -0.2) is 11.1 Å². The Morgan fingerprint density at radius 1 is 0.929 bits per heavy atom. The molecule has 0 aliphatic carbocycles. The molecular weight excluding hydrogens is 369 g/mol. The quantitative estimate of drug-likeness (QED) is 0.602. The van der Waals surface area contributed by atoms with Crippen molar-refractivity contribution >= 4 is 5.97 Å². The normalized spacial score (nSPS) is 11.2. The highest BCUT2D eigenvalue weighted by Gasteiger charge is 2.33. The third-order valence-corrected chi connectivity index (χ3v) is 4.18. The highest BCUT2D eigenvalue weighted by atomic mass is 19.4. The lowest BCUT2D eigenvalue weighted by atomic mass is 9.96. The van der Waals surface area contributed by atoms with Crippen LogP contribution < -0.4 is 4.74 Å². The summed E-state index contributed by atoms with van der Waals surface area (Å²) in [5.74, 6) is -0.759. The third-order valence-electron chi connectivity index (χ3n) is 4.18. The first-order valence-corrected chi connectivity index (χ1v) is 8.52. The van der Waals surface area contributed by atoms with Crippen LogP contribution in [0.5, 0.6) is 5.75 Å². The van der Waals surface area contributed by atoms with Gasteiger partial charge in [-0.1, -0.05) is 54.6 Å². The summed E-state index contributed by atoms with van der Waals surface area (Å²) in [4.78, 5) is 11.2. The van der Waals surface area contributed by atoms with Gasteiger partial charge in [-0.25, -0.2) is 0 Å². The van der Waals surface area contributed by atoms with E-state index >= 15 is 0 Å². The summed E-state index contributed by atoms with van der Waals surface area (Å²) in [5, 5.41) is 9.19. The van der Waals surface area contributed by atoms with E-state index in [1.165, 1.54) is 36.4 Å². The molecule has 1 N–H and O–H groups in total. The third kappa shape index (κ3) is 4.71. The molecule has 0 atom stereocenters. The Morgan fingerprint density at radius 2 is 1.61 bits per heavy atom. The molecule has 6 heteroatoms. The smallest absolute Gasteiger partial charge is 0.417 e. The van der Waals surface area contributed by atoms with Crippen molar-refractivity contribution in [2.45, 2.75) is 19.2 Å². The Balaban J connectivity index is 1.96. The maximum absolute atomic E-state index is 13.3. The van der Waals surface area contributed by atoms with Gasteiger partial charge in [0.15, 0.2) is 0 Å². The fraction of sp³-hybridized carbons (Fsp3) is 0.136. The van der Waals surface area contributed by atoms with Crippen molar-refractivity contribution in [1.82, 2.24) is 0 Å². The molecule has 0 aliphatic heterocycles. The zero-order chi connectivity index (χ0) is 20.1. The van der Waals surface area contributed by atoms with Crippen LogP contribution in [0, 0.1) is 0 Å². The second-order valence-electron chi connectivity index (χ2n) is 6.21. The minimum Gasteiger partial charge on any atom is -0.489 e. The topological polar surface area (TPSA) is 46.5 Å². The van der Waals surface area contributed by atoms with Crippen molar-refractivity contribution < 1.29 is 27.8 Å². The van der Waals surface area contributed by atoms with Crippen molar-refractivity contribution in [3.8, 4) is 16.9 Å². The van der Waals surface area contributed by atoms with Crippen LogP contribution in [0.25, 0.3) is 11.1 Å². The van der Waals surface area contributed by atoms with E-state index in [0.717, 1.165) is 11.6 Å². The maximum Gasteiger partial charge on any atom is 0.417 e. The molecule has 0 radical (unpaired) electrons. The summed E-state index contributed by atoms with van der Waals surface area (Å²) in [6, 6.07) is 19.0. The zero-order valence-corrected chi connectivity index (χ0v) is 14.7. The van der Waals surface area contributed by atoms with Gasteiger partial charge >= 0.3 is 12.1 Å². The number of carboxylic acids is 1. The number of halogens is 3. The Bertz CT molecular complexity index is 966. The van der Waals surface area contributed by atoms with Crippen molar-refractivity contribution in [2.75, 3.05) is 0 Å². The molecule has 0 spiro atoms. The van der Waals surface area contributed by atoms with Gasteiger partial charge < -0.3 is 9.84 Å². The number of hydrogen-bond acceptors (Lipinski definition) is 2. The Labute approximate surface area is 160 Å². The molecular formula is C22H17F3O3. The van der Waals surface area contributed by atoms with Crippen molar-refractivity contribution in [1.29, 1.82) is 0 Å². The monoisotopic (exact) mass is 386 g/mol. The molecule has 28 heavy (non-hydrogen) atoms. The Kier molecular flexibility index (Phi) is 5.68. The average Bonchev–Trinajstić information content (AvgIpc) is 2.66. The predicted octanol–water partition coefficient (Wildman–Crippen LogP) is 5.58. The predicted molar refractivity (Wildman–Crippen MR) is 99.0 cm³/mol. The van der Waals surface area contributed by atoms with E-state index in [-0.39, 0.29) is 24.2 Å². The van der Waals surface area contributed by atoms with Gasteiger partial charge in [-0.15, -0.1) is 0 Å². The molecule has 0 aliphatic rings. The van der Waals surface area contributed by atoms with Crippen molar-refractivity contribution in [3.63, 3.8) is 0 Å². The summed E-state index contributed by atoms with van der Waals surface area (Å²) < 4.78 is 45.7. The minimum atomic E-state index is -4.51. The van der Waals surface area contributed by atoms with Crippen molar-refractivity contribution in [3.05, 3.63) is 89.5 Å². The average molecular weight is 386 g/mol. The van der Waals surface area contributed by atoms with E-state index in [2.05, 4.69) is 0 Å². The number of ether oxygens (including phenoxy) is 1. The molecule has 3 aromatic rings. The summed E-state index contributed by atoms with van der Waals surface area (Å²) in [5.41, 5.74) is 0.731. The lowest BCUT2D eigenvalue weighted by molar-refractivity contribution is -0.137. The number of alkyl halides is 3. The van der Waals surface area contributed by atoms with E-state index in [9.17, 15) is 23.1 Å². The van der Waals surface area contributed by atoms with Crippen LogP contribution >= 0.6 is 0 Å². The first-order valence-electron chi connectivity index (χ1n) is 8.52. The second-order valence-corrected chi connectivity index (χ2v) is 6.21. The highest BCUT2D eigenvalue weighted by molar-refractivity contribution is 5.75. The Morgan fingerprint density at radius 3 is 2.29 bits per heavy atom. The molecule has 3 rings (SSSR count). The number of hydrogen-bond donors (Lipinski definition) is 1. The molecule has 0 unspecified atom stereocenters. The number of aliphatic carboxylic acids is 1. The molecule has 0 bridgehead atoms. The van der Waals surface area contributed by atoms with Gasteiger partial charge in [0.25, 0.3) is 0 Å². The summed E-state index contributed by atoms with van der Waals surface area (Å²) in [6.07, 6.45) is -4.86.